The van der Waals surface area contributed by atoms with Crippen molar-refractivity contribution >= 4 is 8.38 Å². The molecule has 0 spiro atoms. The molecule has 3 heteroatoms. The third kappa shape index (κ3) is 3.46. The first-order valence-electron chi connectivity index (χ1n) is 9.15. The maximum atomic E-state index is 6.12. The highest BCUT2D eigenvalue weighted by Crippen LogP contribution is 2.66. The zero-order chi connectivity index (χ0) is 18.2. The maximum absolute atomic E-state index is 6.12. The van der Waals surface area contributed by atoms with Gasteiger partial charge in [-0.3, -0.25) is 0 Å². The summed E-state index contributed by atoms with van der Waals surface area (Å²) in [7, 11) is -1.12. The molecule has 134 valence electrons. The molecule has 26 heavy (non-hydrogen) atoms. The second-order valence-electron chi connectivity index (χ2n) is 5.73. The lowest BCUT2D eigenvalue weighted by Crippen LogP contribution is -2.27. The van der Waals surface area contributed by atoms with Crippen molar-refractivity contribution < 1.29 is 9.05 Å². The standard InChI is InChI=1S/C21H19O2P.C2H6/c1-4-10-18(11-5-1)21(24-22-16-17-23-24,19-12-6-2-7-13-19)20-14-8-3-9-15-20;1-2/h1-15H,16-17H2;1-2H3. The molecule has 3 aromatic carbocycles. The minimum atomic E-state index is -1.12. The van der Waals surface area contributed by atoms with Crippen molar-refractivity contribution in [3.8, 4) is 0 Å². The van der Waals surface area contributed by atoms with E-state index in [0.717, 1.165) is 0 Å². The second-order valence-corrected chi connectivity index (χ2v) is 7.43. The lowest BCUT2D eigenvalue weighted by atomic mass is 9.84. The van der Waals surface area contributed by atoms with E-state index in [9.17, 15) is 0 Å². The van der Waals surface area contributed by atoms with Crippen LogP contribution in [0.1, 0.15) is 30.5 Å². The van der Waals surface area contributed by atoms with Gasteiger partial charge in [0.05, 0.1) is 13.2 Å². The summed E-state index contributed by atoms with van der Waals surface area (Å²) in [6.45, 7) is 5.31. The summed E-state index contributed by atoms with van der Waals surface area (Å²) < 4.78 is 12.2. The van der Waals surface area contributed by atoms with Crippen LogP contribution in [-0.4, -0.2) is 13.2 Å². The van der Waals surface area contributed by atoms with E-state index in [4.69, 9.17) is 9.05 Å². The predicted octanol–water partition coefficient (Wildman–Crippen LogP) is 6.36. The molecule has 0 N–H and O–H groups in total. The molecule has 1 aliphatic rings. The topological polar surface area (TPSA) is 18.5 Å². The first kappa shape index (κ1) is 18.8. The quantitative estimate of drug-likeness (QED) is 0.396. The van der Waals surface area contributed by atoms with Crippen molar-refractivity contribution in [3.05, 3.63) is 108 Å². The molecule has 0 amide bonds. The molecule has 0 atom stereocenters. The Labute approximate surface area is 157 Å². The van der Waals surface area contributed by atoms with Crippen LogP contribution >= 0.6 is 8.38 Å². The van der Waals surface area contributed by atoms with Crippen molar-refractivity contribution in [3.63, 3.8) is 0 Å². The molecule has 0 saturated carbocycles. The Bertz CT molecular complexity index is 672. The molecule has 0 aliphatic carbocycles. The van der Waals surface area contributed by atoms with Gasteiger partial charge < -0.3 is 9.05 Å². The molecule has 0 aromatic heterocycles. The maximum Gasteiger partial charge on any atom is 0.191 e. The van der Waals surface area contributed by atoms with Gasteiger partial charge >= 0.3 is 0 Å². The Kier molecular flexibility index (Phi) is 6.57. The molecular weight excluding hydrogens is 339 g/mol. The van der Waals surface area contributed by atoms with E-state index in [1.165, 1.54) is 16.7 Å². The Hall–Kier alpha value is -1.99. The van der Waals surface area contributed by atoms with Crippen LogP contribution < -0.4 is 0 Å². The van der Waals surface area contributed by atoms with E-state index in [2.05, 4.69) is 72.8 Å². The summed E-state index contributed by atoms with van der Waals surface area (Å²) in [6.07, 6.45) is 0. The highest BCUT2D eigenvalue weighted by atomic mass is 31.2. The van der Waals surface area contributed by atoms with Gasteiger partial charge in [0.25, 0.3) is 0 Å². The van der Waals surface area contributed by atoms with Gasteiger partial charge in [-0.2, -0.15) is 0 Å². The molecule has 1 fully saturated rings. The molecule has 4 rings (SSSR count). The smallest absolute Gasteiger partial charge is 0.191 e. The average molecular weight is 364 g/mol. The fourth-order valence-electron chi connectivity index (χ4n) is 3.33. The molecule has 0 unspecified atom stereocenters. The first-order valence-corrected chi connectivity index (χ1v) is 10.3. The molecule has 0 radical (unpaired) electrons. The van der Waals surface area contributed by atoms with E-state index < -0.39 is 13.5 Å². The molecular formula is C23H25O2P. The average Bonchev–Trinajstić information content (AvgIpc) is 3.28. The van der Waals surface area contributed by atoms with Crippen LogP contribution in [0.4, 0.5) is 0 Å². The van der Waals surface area contributed by atoms with Crippen LogP contribution in [0, 0.1) is 0 Å². The summed E-state index contributed by atoms with van der Waals surface area (Å²) >= 11 is 0. The number of hydrogen-bond acceptors (Lipinski definition) is 2. The van der Waals surface area contributed by atoms with Gasteiger partial charge in [0, 0.05) is 0 Å². The van der Waals surface area contributed by atoms with Gasteiger partial charge in [-0.15, -0.1) is 0 Å². The zero-order valence-electron chi connectivity index (χ0n) is 15.3. The van der Waals surface area contributed by atoms with Crippen LogP contribution in [0.2, 0.25) is 0 Å². The predicted molar refractivity (Wildman–Crippen MR) is 109 cm³/mol. The fraction of sp³-hybridized carbons (Fsp3) is 0.217. The summed E-state index contributed by atoms with van der Waals surface area (Å²) in [5, 5.41) is -0.421. The van der Waals surface area contributed by atoms with Crippen molar-refractivity contribution in [2.75, 3.05) is 13.2 Å². The lowest BCUT2D eigenvalue weighted by molar-refractivity contribution is 0.365. The largest absolute Gasteiger partial charge is 0.331 e. The van der Waals surface area contributed by atoms with E-state index in [0.29, 0.717) is 13.2 Å². The minimum absolute atomic E-state index is 0.421. The van der Waals surface area contributed by atoms with Crippen molar-refractivity contribution in [2.45, 2.75) is 19.0 Å². The lowest BCUT2D eigenvalue weighted by Gasteiger charge is -2.38. The summed E-state index contributed by atoms with van der Waals surface area (Å²) in [5.74, 6) is 0. The normalized spacial score (nSPS) is 14.5. The highest BCUT2D eigenvalue weighted by molar-refractivity contribution is 7.49. The minimum Gasteiger partial charge on any atom is -0.331 e. The van der Waals surface area contributed by atoms with Gasteiger partial charge in [0.2, 0.25) is 0 Å². The van der Waals surface area contributed by atoms with E-state index in [1.54, 1.807) is 0 Å². The Balaban J connectivity index is 0.000000948. The number of rotatable bonds is 4. The van der Waals surface area contributed by atoms with Gasteiger partial charge in [-0.1, -0.05) is 105 Å². The van der Waals surface area contributed by atoms with Gasteiger partial charge in [0.1, 0.15) is 5.16 Å². The number of benzene rings is 3. The molecule has 2 nitrogen and oxygen atoms in total. The molecule has 1 heterocycles. The third-order valence-electron chi connectivity index (χ3n) is 4.35. The molecule has 3 aromatic rings. The van der Waals surface area contributed by atoms with Gasteiger partial charge in [0.15, 0.2) is 8.38 Å². The fourth-order valence-corrected chi connectivity index (χ4v) is 5.35. The van der Waals surface area contributed by atoms with E-state index in [-0.39, 0.29) is 0 Å². The monoisotopic (exact) mass is 364 g/mol. The van der Waals surface area contributed by atoms with Crippen LogP contribution in [0.3, 0.4) is 0 Å². The Morgan fingerprint density at radius 1 is 0.577 bits per heavy atom. The highest BCUT2D eigenvalue weighted by Gasteiger charge is 2.48. The summed E-state index contributed by atoms with van der Waals surface area (Å²) in [4.78, 5) is 0. The van der Waals surface area contributed by atoms with Gasteiger partial charge in [-0.25, -0.2) is 0 Å². The van der Waals surface area contributed by atoms with Crippen LogP contribution in [0.5, 0.6) is 0 Å². The van der Waals surface area contributed by atoms with Crippen molar-refractivity contribution in [1.82, 2.24) is 0 Å². The SMILES string of the molecule is CC.c1ccc(C(c2ccccc2)(c2ccccc2)P2OCCO2)cc1. The Morgan fingerprint density at radius 3 is 1.19 bits per heavy atom. The zero-order valence-corrected chi connectivity index (χ0v) is 16.2. The number of hydrogen-bond donors (Lipinski definition) is 0. The van der Waals surface area contributed by atoms with Crippen LogP contribution in [0.25, 0.3) is 0 Å². The third-order valence-corrected chi connectivity index (χ3v) is 6.51. The molecule has 1 saturated heterocycles. The Morgan fingerprint density at radius 2 is 0.885 bits per heavy atom. The van der Waals surface area contributed by atoms with Crippen LogP contribution in [0.15, 0.2) is 91.0 Å². The van der Waals surface area contributed by atoms with Gasteiger partial charge in [-0.05, 0) is 16.7 Å². The summed E-state index contributed by atoms with van der Waals surface area (Å²) in [6, 6.07) is 31.7. The summed E-state index contributed by atoms with van der Waals surface area (Å²) in [5.41, 5.74) is 3.61. The van der Waals surface area contributed by atoms with Crippen molar-refractivity contribution in [1.29, 1.82) is 0 Å². The van der Waals surface area contributed by atoms with E-state index in [1.807, 2.05) is 32.0 Å². The van der Waals surface area contributed by atoms with Crippen molar-refractivity contribution in [2.24, 2.45) is 0 Å². The second kappa shape index (κ2) is 9.09. The molecule has 1 aliphatic heterocycles. The first-order chi connectivity index (χ1) is 12.9. The van der Waals surface area contributed by atoms with E-state index >= 15 is 0 Å². The van der Waals surface area contributed by atoms with Crippen LogP contribution in [-0.2, 0) is 14.2 Å². The molecule has 0 bridgehead atoms.